The fourth-order valence-corrected chi connectivity index (χ4v) is 1.81. The Bertz CT molecular complexity index is 599. The maximum atomic E-state index is 10.9. The Morgan fingerprint density at radius 2 is 2.00 bits per heavy atom. The van der Waals surface area contributed by atoms with Gasteiger partial charge in [-0.2, -0.15) is 0 Å². The number of nitrogens with one attached hydrogen (secondary N) is 1. The van der Waals surface area contributed by atoms with E-state index in [0.29, 0.717) is 5.75 Å². The van der Waals surface area contributed by atoms with Gasteiger partial charge in [0.05, 0.1) is 4.92 Å². The second-order valence-electron chi connectivity index (χ2n) is 4.25. The number of nitrogens with zero attached hydrogens (tertiary/aromatic N) is 1. The molecule has 0 saturated carbocycles. The lowest BCUT2D eigenvalue weighted by Gasteiger charge is -2.08. The van der Waals surface area contributed by atoms with Crippen molar-refractivity contribution in [2.75, 3.05) is 6.54 Å². The van der Waals surface area contributed by atoms with E-state index < -0.39 is 4.92 Å². The van der Waals surface area contributed by atoms with E-state index in [0.717, 1.165) is 18.7 Å². The fourth-order valence-electron chi connectivity index (χ4n) is 1.81. The highest BCUT2D eigenvalue weighted by Gasteiger charge is 2.14. The summed E-state index contributed by atoms with van der Waals surface area (Å²) in [6.45, 7) is 3.66. The number of ether oxygens (including phenoxy) is 1. The molecule has 0 atom stereocenters. The average molecular weight is 272 g/mol. The highest BCUT2D eigenvalue weighted by molar-refractivity contribution is 5.48. The van der Waals surface area contributed by atoms with E-state index in [2.05, 4.69) is 5.32 Å². The Labute approximate surface area is 117 Å². The van der Waals surface area contributed by atoms with Crippen molar-refractivity contribution in [3.8, 4) is 11.5 Å². The average Bonchev–Trinajstić information content (AvgIpc) is 2.46. The summed E-state index contributed by atoms with van der Waals surface area (Å²) in [6, 6.07) is 13.9. The van der Waals surface area contributed by atoms with Crippen LogP contribution >= 0.6 is 0 Å². The number of hydrogen-bond donors (Lipinski definition) is 1. The Kier molecular flexibility index (Phi) is 4.68. The lowest BCUT2D eigenvalue weighted by Crippen LogP contribution is -2.11. The Hall–Kier alpha value is -2.40. The quantitative estimate of drug-likeness (QED) is 0.645. The van der Waals surface area contributed by atoms with E-state index in [1.54, 1.807) is 24.3 Å². The van der Waals surface area contributed by atoms with Gasteiger partial charge in [-0.25, -0.2) is 0 Å². The minimum Gasteiger partial charge on any atom is -0.450 e. The van der Waals surface area contributed by atoms with E-state index in [1.807, 2.05) is 25.1 Å². The Morgan fingerprint density at radius 3 is 2.75 bits per heavy atom. The second-order valence-corrected chi connectivity index (χ2v) is 4.25. The zero-order chi connectivity index (χ0) is 14.4. The van der Waals surface area contributed by atoms with Gasteiger partial charge in [0.1, 0.15) is 5.75 Å². The first-order valence-electron chi connectivity index (χ1n) is 6.41. The van der Waals surface area contributed by atoms with E-state index in [4.69, 9.17) is 4.74 Å². The molecule has 5 heteroatoms. The molecule has 5 nitrogen and oxygen atoms in total. The third-order valence-corrected chi connectivity index (χ3v) is 2.77. The maximum Gasteiger partial charge on any atom is 0.311 e. The van der Waals surface area contributed by atoms with Gasteiger partial charge in [0.25, 0.3) is 0 Å². The molecule has 0 radical (unpaired) electrons. The van der Waals surface area contributed by atoms with Crippen LogP contribution in [-0.4, -0.2) is 11.5 Å². The van der Waals surface area contributed by atoms with Crippen molar-refractivity contribution >= 4 is 5.69 Å². The molecular weight excluding hydrogens is 256 g/mol. The monoisotopic (exact) mass is 272 g/mol. The Morgan fingerprint density at radius 1 is 1.20 bits per heavy atom. The molecule has 0 aliphatic carbocycles. The molecule has 0 aromatic heterocycles. The third kappa shape index (κ3) is 3.55. The van der Waals surface area contributed by atoms with Crippen molar-refractivity contribution in [2.45, 2.75) is 13.5 Å². The van der Waals surface area contributed by atoms with Crippen molar-refractivity contribution in [3.63, 3.8) is 0 Å². The zero-order valence-electron chi connectivity index (χ0n) is 11.2. The predicted octanol–water partition coefficient (Wildman–Crippen LogP) is 3.50. The molecule has 20 heavy (non-hydrogen) atoms. The van der Waals surface area contributed by atoms with Crippen LogP contribution in [0.25, 0.3) is 0 Å². The van der Waals surface area contributed by atoms with Gasteiger partial charge >= 0.3 is 5.69 Å². The molecule has 0 unspecified atom stereocenters. The summed E-state index contributed by atoms with van der Waals surface area (Å²) >= 11 is 0. The van der Waals surface area contributed by atoms with E-state index in [-0.39, 0.29) is 11.4 Å². The van der Waals surface area contributed by atoms with Crippen LogP contribution in [0.5, 0.6) is 11.5 Å². The maximum absolute atomic E-state index is 10.9. The second kappa shape index (κ2) is 6.68. The third-order valence-electron chi connectivity index (χ3n) is 2.77. The highest BCUT2D eigenvalue weighted by Crippen LogP contribution is 2.30. The van der Waals surface area contributed by atoms with Crippen molar-refractivity contribution in [2.24, 2.45) is 0 Å². The van der Waals surface area contributed by atoms with Crippen LogP contribution in [0.4, 0.5) is 5.69 Å². The number of nitro benzene ring substituents is 1. The van der Waals surface area contributed by atoms with Crippen molar-refractivity contribution in [3.05, 3.63) is 64.2 Å². The van der Waals surface area contributed by atoms with Gasteiger partial charge in [0, 0.05) is 12.6 Å². The van der Waals surface area contributed by atoms with Gasteiger partial charge in [-0.3, -0.25) is 10.1 Å². The van der Waals surface area contributed by atoms with E-state index >= 15 is 0 Å². The summed E-state index contributed by atoms with van der Waals surface area (Å²) in [4.78, 5) is 10.5. The van der Waals surface area contributed by atoms with Crippen molar-refractivity contribution in [1.82, 2.24) is 5.32 Å². The molecule has 2 aromatic rings. The molecular formula is C15H16N2O3. The molecule has 0 heterocycles. The van der Waals surface area contributed by atoms with Crippen LogP contribution in [0.1, 0.15) is 12.5 Å². The molecule has 0 amide bonds. The molecule has 0 aliphatic rings. The van der Waals surface area contributed by atoms with E-state index in [9.17, 15) is 10.1 Å². The topological polar surface area (TPSA) is 64.4 Å². The van der Waals surface area contributed by atoms with Crippen molar-refractivity contribution in [1.29, 1.82) is 0 Å². The highest BCUT2D eigenvalue weighted by atomic mass is 16.6. The van der Waals surface area contributed by atoms with Crippen LogP contribution in [0.3, 0.4) is 0 Å². The summed E-state index contributed by atoms with van der Waals surface area (Å²) in [6.07, 6.45) is 0. The molecule has 0 aliphatic heterocycles. The van der Waals surface area contributed by atoms with Gasteiger partial charge < -0.3 is 10.1 Å². The fraction of sp³-hybridized carbons (Fsp3) is 0.200. The van der Waals surface area contributed by atoms with Crippen LogP contribution in [0.2, 0.25) is 0 Å². The van der Waals surface area contributed by atoms with Gasteiger partial charge in [0.2, 0.25) is 5.75 Å². The normalized spacial score (nSPS) is 10.2. The summed E-state index contributed by atoms with van der Waals surface area (Å²) in [5, 5.41) is 14.2. The SMILES string of the molecule is CCNCc1cccc(Oc2ccccc2[N+](=O)[O-])c1. The van der Waals surface area contributed by atoms with Gasteiger partial charge in [-0.15, -0.1) is 0 Å². The Balaban J connectivity index is 2.20. The molecule has 0 saturated heterocycles. The lowest BCUT2D eigenvalue weighted by atomic mass is 10.2. The summed E-state index contributed by atoms with van der Waals surface area (Å²) in [7, 11) is 0. The van der Waals surface area contributed by atoms with Crippen LogP contribution < -0.4 is 10.1 Å². The number of rotatable bonds is 6. The first-order chi connectivity index (χ1) is 9.70. The summed E-state index contributed by atoms with van der Waals surface area (Å²) < 4.78 is 5.62. The van der Waals surface area contributed by atoms with Crippen LogP contribution in [0.15, 0.2) is 48.5 Å². The molecule has 1 N–H and O–H groups in total. The first kappa shape index (κ1) is 14.0. The zero-order valence-corrected chi connectivity index (χ0v) is 11.2. The van der Waals surface area contributed by atoms with Gasteiger partial charge in [0.15, 0.2) is 0 Å². The van der Waals surface area contributed by atoms with Crippen molar-refractivity contribution < 1.29 is 9.66 Å². The smallest absolute Gasteiger partial charge is 0.311 e. The molecule has 0 spiro atoms. The standard InChI is InChI=1S/C15H16N2O3/c1-2-16-11-12-6-5-7-13(10-12)20-15-9-4-3-8-14(15)17(18)19/h3-10,16H,2,11H2,1H3. The minimum atomic E-state index is -0.447. The predicted molar refractivity (Wildman–Crippen MR) is 77.0 cm³/mol. The number of hydrogen-bond acceptors (Lipinski definition) is 4. The van der Waals surface area contributed by atoms with E-state index in [1.165, 1.54) is 6.07 Å². The first-order valence-corrected chi connectivity index (χ1v) is 6.41. The lowest BCUT2D eigenvalue weighted by molar-refractivity contribution is -0.385. The summed E-state index contributed by atoms with van der Waals surface area (Å²) in [5.41, 5.74) is 1.03. The molecule has 0 fully saturated rings. The largest absolute Gasteiger partial charge is 0.450 e. The number of nitro groups is 1. The number of para-hydroxylation sites is 2. The van der Waals surface area contributed by atoms with Crippen LogP contribution in [0, 0.1) is 10.1 Å². The molecule has 2 aromatic carbocycles. The number of benzene rings is 2. The van der Waals surface area contributed by atoms with Gasteiger partial charge in [-0.1, -0.05) is 31.2 Å². The summed E-state index contributed by atoms with van der Waals surface area (Å²) in [5.74, 6) is 0.841. The molecule has 0 bridgehead atoms. The van der Waals surface area contributed by atoms with Gasteiger partial charge in [-0.05, 0) is 30.3 Å². The molecule has 2 rings (SSSR count). The van der Waals surface area contributed by atoms with Crippen LogP contribution in [-0.2, 0) is 6.54 Å². The molecule has 104 valence electrons. The minimum absolute atomic E-state index is 0.0374.